The first kappa shape index (κ1) is 13.1. The van der Waals surface area contributed by atoms with Gasteiger partial charge in [-0.1, -0.05) is 11.6 Å². The largest absolute Gasteiger partial charge is 0.338 e. The zero-order valence-corrected chi connectivity index (χ0v) is 11.7. The van der Waals surface area contributed by atoms with Gasteiger partial charge in [0, 0.05) is 6.42 Å². The van der Waals surface area contributed by atoms with Crippen molar-refractivity contribution >= 4 is 9.84 Å². The highest BCUT2D eigenvalue weighted by atomic mass is 32.2. The third-order valence-electron chi connectivity index (χ3n) is 3.97. The Labute approximate surface area is 112 Å². The van der Waals surface area contributed by atoms with Gasteiger partial charge in [0.2, 0.25) is 5.89 Å². The molecule has 0 aliphatic carbocycles. The van der Waals surface area contributed by atoms with Crippen molar-refractivity contribution in [2.45, 2.75) is 49.8 Å². The lowest BCUT2D eigenvalue weighted by Gasteiger charge is -2.19. The van der Waals surface area contributed by atoms with Crippen molar-refractivity contribution in [2.24, 2.45) is 0 Å². The quantitative estimate of drug-likeness (QED) is 0.892. The Morgan fingerprint density at radius 2 is 2.16 bits per heavy atom. The van der Waals surface area contributed by atoms with Gasteiger partial charge in [-0.25, -0.2) is 8.42 Å². The molecule has 7 heteroatoms. The summed E-state index contributed by atoms with van der Waals surface area (Å²) in [7, 11) is -2.94. The predicted molar refractivity (Wildman–Crippen MR) is 69.4 cm³/mol. The Bertz CT molecular complexity index is 534. The summed E-state index contributed by atoms with van der Waals surface area (Å²) in [5.41, 5.74) is 0. The van der Waals surface area contributed by atoms with Crippen LogP contribution in [-0.4, -0.2) is 36.1 Å². The number of hydrogen-bond acceptors (Lipinski definition) is 6. The molecule has 106 valence electrons. The minimum absolute atomic E-state index is 0.134. The smallest absolute Gasteiger partial charge is 0.243 e. The van der Waals surface area contributed by atoms with Crippen LogP contribution in [-0.2, 0) is 16.3 Å². The van der Waals surface area contributed by atoms with Crippen LogP contribution >= 0.6 is 0 Å². The first-order chi connectivity index (χ1) is 9.15. The summed E-state index contributed by atoms with van der Waals surface area (Å²) >= 11 is 0. The molecule has 0 saturated carbocycles. The van der Waals surface area contributed by atoms with E-state index in [4.69, 9.17) is 4.52 Å². The zero-order valence-electron chi connectivity index (χ0n) is 10.8. The van der Waals surface area contributed by atoms with Crippen molar-refractivity contribution < 1.29 is 12.9 Å². The van der Waals surface area contributed by atoms with Gasteiger partial charge in [0.1, 0.15) is 0 Å². The summed E-state index contributed by atoms with van der Waals surface area (Å²) in [6.45, 7) is 0.972. The Morgan fingerprint density at radius 3 is 2.84 bits per heavy atom. The van der Waals surface area contributed by atoms with Crippen LogP contribution in [0.5, 0.6) is 0 Å². The van der Waals surface area contributed by atoms with Crippen LogP contribution in [0.2, 0.25) is 0 Å². The number of nitrogens with zero attached hydrogens (tertiary/aromatic N) is 2. The Hall–Kier alpha value is -0.950. The van der Waals surface area contributed by atoms with Gasteiger partial charge < -0.3 is 9.84 Å². The minimum atomic E-state index is -2.94. The molecule has 2 atom stereocenters. The molecule has 0 aromatic carbocycles. The third kappa shape index (κ3) is 2.81. The molecule has 2 fully saturated rings. The lowest BCUT2D eigenvalue weighted by atomic mass is 10.1. The number of piperidine rings is 1. The fourth-order valence-corrected chi connectivity index (χ4v) is 4.68. The van der Waals surface area contributed by atoms with E-state index in [0.29, 0.717) is 30.3 Å². The van der Waals surface area contributed by atoms with E-state index in [0.717, 1.165) is 25.8 Å². The maximum absolute atomic E-state index is 11.8. The van der Waals surface area contributed by atoms with E-state index in [1.165, 1.54) is 6.42 Å². The van der Waals surface area contributed by atoms with Crippen LogP contribution in [0.4, 0.5) is 0 Å². The van der Waals surface area contributed by atoms with Crippen molar-refractivity contribution in [1.82, 2.24) is 15.5 Å². The van der Waals surface area contributed by atoms with E-state index in [2.05, 4.69) is 15.5 Å². The zero-order chi connectivity index (χ0) is 13.3. The van der Waals surface area contributed by atoms with Crippen LogP contribution in [0.15, 0.2) is 4.52 Å². The molecule has 1 aromatic rings. The van der Waals surface area contributed by atoms with Gasteiger partial charge in [-0.05, 0) is 32.2 Å². The third-order valence-corrected chi connectivity index (χ3v) is 6.24. The highest BCUT2D eigenvalue weighted by molar-refractivity contribution is 7.92. The van der Waals surface area contributed by atoms with Crippen LogP contribution in [0.1, 0.15) is 49.9 Å². The second kappa shape index (κ2) is 5.20. The maximum Gasteiger partial charge on any atom is 0.243 e. The Morgan fingerprint density at radius 1 is 1.26 bits per heavy atom. The van der Waals surface area contributed by atoms with Gasteiger partial charge in [0.25, 0.3) is 0 Å². The topological polar surface area (TPSA) is 85.1 Å². The van der Waals surface area contributed by atoms with Gasteiger partial charge in [-0.2, -0.15) is 4.98 Å². The van der Waals surface area contributed by atoms with Gasteiger partial charge >= 0.3 is 0 Å². The highest BCUT2D eigenvalue weighted by Gasteiger charge is 2.33. The summed E-state index contributed by atoms with van der Waals surface area (Å²) in [6, 6.07) is 0.134. The standard InChI is InChI=1S/C12H19N3O3S/c16-19(17)7-3-4-9(19)8-11-14-12(18-15-11)10-5-1-2-6-13-10/h9-10,13H,1-8H2. The number of aromatic nitrogens is 2. The average Bonchev–Trinajstić information content (AvgIpc) is 2.99. The van der Waals surface area contributed by atoms with Crippen LogP contribution in [0, 0.1) is 0 Å². The summed E-state index contributed by atoms with van der Waals surface area (Å²) in [5.74, 6) is 1.43. The molecule has 2 aliphatic heterocycles. The number of sulfone groups is 1. The summed E-state index contributed by atoms with van der Waals surface area (Å²) < 4.78 is 28.8. The van der Waals surface area contributed by atoms with Crippen molar-refractivity contribution in [3.05, 3.63) is 11.7 Å². The second-order valence-electron chi connectivity index (χ2n) is 5.39. The van der Waals surface area contributed by atoms with Crippen LogP contribution < -0.4 is 5.32 Å². The molecule has 6 nitrogen and oxygen atoms in total. The SMILES string of the molecule is O=S1(=O)CCCC1Cc1noc(C2CCCCN2)n1. The molecule has 2 unspecified atom stereocenters. The van der Waals surface area contributed by atoms with Crippen molar-refractivity contribution in [2.75, 3.05) is 12.3 Å². The van der Waals surface area contributed by atoms with E-state index >= 15 is 0 Å². The molecule has 19 heavy (non-hydrogen) atoms. The first-order valence-electron chi connectivity index (χ1n) is 6.92. The van der Waals surface area contributed by atoms with E-state index in [1.807, 2.05) is 0 Å². The maximum atomic E-state index is 11.8. The van der Waals surface area contributed by atoms with Crippen molar-refractivity contribution in [1.29, 1.82) is 0 Å². The molecule has 1 aromatic heterocycles. The lowest BCUT2D eigenvalue weighted by molar-refractivity contribution is 0.296. The Balaban J connectivity index is 1.68. The van der Waals surface area contributed by atoms with Gasteiger partial charge in [-0.15, -0.1) is 0 Å². The van der Waals surface area contributed by atoms with Crippen LogP contribution in [0.25, 0.3) is 0 Å². The molecule has 1 N–H and O–H groups in total. The molecular weight excluding hydrogens is 266 g/mol. The number of nitrogens with one attached hydrogen (secondary N) is 1. The molecule has 3 rings (SSSR count). The fraction of sp³-hybridized carbons (Fsp3) is 0.833. The monoisotopic (exact) mass is 285 g/mol. The van der Waals surface area contributed by atoms with E-state index in [1.54, 1.807) is 0 Å². The first-order valence-corrected chi connectivity index (χ1v) is 8.64. The van der Waals surface area contributed by atoms with Crippen molar-refractivity contribution in [3.63, 3.8) is 0 Å². The van der Waals surface area contributed by atoms with E-state index < -0.39 is 9.84 Å². The van der Waals surface area contributed by atoms with E-state index in [9.17, 15) is 8.42 Å². The minimum Gasteiger partial charge on any atom is -0.338 e. The second-order valence-corrected chi connectivity index (χ2v) is 7.79. The fourth-order valence-electron chi connectivity index (χ4n) is 2.85. The molecule has 0 bridgehead atoms. The number of rotatable bonds is 3. The molecule has 2 aliphatic rings. The highest BCUT2D eigenvalue weighted by Crippen LogP contribution is 2.25. The summed E-state index contributed by atoms with van der Waals surface area (Å²) in [4.78, 5) is 4.36. The van der Waals surface area contributed by atoms with Gasteiger partial charge in [0.15, 0.2) is 15.7 Å². The molecule has 0 spiro atoms. The molecule has 2 saturated heterocycles. The molecular formula is C12H19N3O3S. The van der Waals surface area contributed by atoms with Crippen molar-refractivity contribution in [3.8, 4) is 0 Å². The molecule has 3 heterocycles. The van der Waals surface area contributed by atoms with Crippen LogP contribution in [0.3, 0.4) is 0 Å². The molecule has 0 radical (unpaired) electrons. The number of hydrogen-bond donors (Lipinski definition) is 1. The normalized spacial score (nSPS) is 30.5. The van der Waals surface area contributed by atoms with Gasteiger partial charge in [-0.3, -0.25) is 0 Å². The van der Waals surface area contributed by atoms with Gasteiger partial charge in [0.05, 0.1) is 17.0 Å². The Kier molecular flexibility index (Phi) is 3.58. The summed E-state index contributed by atoms with van der Waals surface area (Å²) in [6.07, 6.45) is 5.20. The average molecular weight is 285 g/mol. The molecule has 0 amide bonds. The summed E-state index contributed by atoms with van der Waals surface area (Å²) in [5, 5.41) is 6.95. The lowest BCUT2D eigenvalue weighted by Crippen LogP contribution is -2.27. The van der Waals surface area contributed by atoms with E-state index in [-0.39, 0.29) is 11.3 Å². The predicted octanol–water partition coefficient (Wildman–Crippen LogP) is 1.00.